The Bertz CT molecular complexity index is 286. The van der Waals surface area contributed by atoms with E-state index in [1.807, 2.05) is 13.8 Å². The largest absolute Gasteiger partial charge is 0.359 e. The van der Waals surface area contributed by atoms with Gasteiger partial charge in [0, 0.05) is 5.92 Å². The van der Waals surface area contributed by atoms with Crippen molar-refractivity contribution in [3.63, 3.8) is 0 Å². The molecular weight excluding hydrogens is 138 g/mol. The molecule has 0 N–H and O–H groups in total. The summed E-state index contributed by atoms with van der Waals surface area (Å²) in [6.45, 7) is 10.8. The molecule has 0 unspecified atom stereocenters. The first kappa shape index (κ1) is 7.67. The van der Waals surface area contributed by atoms with E-state index in [-0.39, 0.29) is 0 Å². The first-order valence-corrected chi connectivity index (χ1v) is 3.43. The molecule has 0 aromatic carbocycles. The van der Waals surface area contributed by atoms with Gasteiger partial charge >= 0.3 is 0 Å². The van der Waals surface area contributed by atoms with Gasteiger partial charge in [0.1, 0.15) is 0 Å². The van der Waals surface area contributed by atoms with Crippen LogP contribution in [0.1, 0.15) is 25.5 Å². The van der Waals surface area contributed by atoms with Crippen LogP contribution in [0.15, 0.2) is 12.4 Å². The number of rotatable bonds is 1. The Kier molecular flexibility index (Phi) is 2.17. The Morgan fingerprint density at radius 2 is 2.18 bits per heavy atom. The monoisotopic (exact) mass is 147 g/mol. The van der Waals surface area contributed by atoms with Crippen LogP contribution in [0.25, 0.3) is 4.85 Å². The molecule has 0 amide bonds. The van der Waals surface area contributed by atoms with Crippen LogP contribution in [0.4, 0.5) is 5.82 Å². The van der Waals surface area contributed by atoms with Crippen LogP contribution < -0.4 is 0 Å². The van der Waals surface area contributed by atoms with Gasteiger partial charge in [0.05, 0.1) is 12.4 Å². The molecule has 0 aliphatic rings. The Hall–Kier alpha value is -1.43. The smallest absolute Gasteiger partial charge is 0.288 e. The van der Waals surface area contributed by atoms with Gasteiger partial charge in [-0.05, 0) is 0 Å². The molecule has 1 rings (SSSR count). The fourth-order valence-corrected chi connectivity index (χ4v) is 0.702. The van der Waals surface area contributed by atoms with Crippen molar-refractivity contribution in [2.45, 2.75) is 19.8 Å². The third-order valence-corrected chi connectivity index (χ3v) is 1.35. The molecule has 0 aliphatic heterocycles. The van der Waals surface area contributed by atoms with Gasteiger partial charge in [0.2, 0.25) is 0 Å². The van der Waals surface area contributed by atoms with E-state index in [0.29, 0.717) is 11.7 Å². The van der Waals surface area contributed by atoms with E-state index in [9.17, 15) is 0 Å². The molecule has 0 fully saturated rings. The van der Waals surface area contributed by atoms with Crippen molar-refractivity contribution in [1.29, 1.82) is 0 Å². The van der Waals surface area contributed by atoms with E-state index >= 15 is 0 Å². The summed E-state index contributed by atoms with van der Waals surface area (Å²) in [5, 5.41) is 0. The highest BCUT2D eigenvalue weighted by atomic mass is 14.9. The summed E-state index contributed by atoms with van der Waals surface area (Å²) in [6.07, 6.45) is 3.16. The molecule has 0 aliphatic carbocycles. The lowest BCUT2D eigenvalue weighted by molar-refractivity contribution is 0.815. The van der Waals surface area contributed by atoms with Gasteiger partial charge in [-0.1, -0.05) is 20.4 Å². The van der Waals surface area contributed by atoms with Crippen LogP contribution in [-0.2, 0) is 0 Å². The molecule has 0 atom stereocenters. The van der Waals surface area contributed by atoms with Crippen molar-refractivity contribution in [2.24, 2.45) is 0 Å². The van der Waals surface area contributed by atoms with Crippen LogP contribution in [0.2, 0.25) is 0 Å². The Balaban J connectivity index is 3.03. The lowest BCUT2D eigenvalue weighted by atomic mass is 10.1. The third kappa shape index (κ3) is 1.74. The molecular formula is C8H9N3. The minimum Gasteiger partial charge on any atom is -0.359 e. The highest BCUT2D eigenvalue weighted by Crippen LogP contribution is 2.13. The number of hydrogen-bond acceptors (Lipinski definition) is 2. The van der Waals surface area contributed by atoms with Gasteiger partial charge in [0.25, 0.3) is 5.82 Å². The molecule has 3 nitrogen and oxygen atoms in total. The molecule has 0 spiro atoms. The van der Waals surface area contributed by atoms with Crippen LogP contribution in [0, 0.1) is 6.57 Å². The first-order valence-electron chi connectivity index (χ1n) is 3.43. The molecule has 0 saturated carbocycles. The fourth-order valence-electron chi connectivity index (χ4n) is 0.702. The highest BCUT2D eigenvalue weighted by molar-refractivity contribution is 5.32. The van der Waals surface area contributed by atoms with Crippen LogP contribution >= 0.6 is 0 Å². The van der Waals surface area contributed by atoms with E-state index in [1.54, 1.807) is 6.20 Å². The first-order chi connectivity index (χ1) is 5.24. The van der Waals surface area contributed by atoms with Crippen molar-refractivity contribution >= 4 is 5.82 Å². The standard InChI is InChI=1S/C8H9N3/c1-6(2)7-4-10-5-8(9-3)11-7/h4-6H,1-2H3. The van der Waals surface area contributed by atoms with Gasteiger partial charge in [-0.2, -0.15) is 0 Å². The van der Waals surface area contributed by atoms with E-state index in [4.69, 9.17) is 6.57 Å². The highest BCUT2D eigenvalue weighted by Gasteiger charge is 2.05. The number of aromatic nitrogens is 2. The predicted molar refractivity (Wildman–Crippen MR) is 42.4 cm³/mol. The van der Waals surface area contributed by atoms with Crippen molar-refractivity contribution in [3.8, 4) is 0 Å². The molecule has 1 aromatic heterocycles. The van der Waals surface area contributed by atoms with E-state index < -0.39 is 0 Å². The summed E-state index contributed by atoms with van der Waals surface area (Å²) in [6, 6.07) is 0. The quantitative estimate of drug-likeness (QED) is 0.570. The van der Waals surface area contributed by atoms with Gasteiger partial charge < -0.3 is 4.85 Å². The summed E-state index contributed by atoms with van der Waals surface area (Å²) < 4.78 is 0. The third-order valence-electron chi connectivity index (χ3n) is 1.35. The zero-order chi connectivity index (χ0) is 8.27. The van der Waals surface area contributed by atoms with E-state index in [1.165, 1.54) is 6.20 Å². The van der Waals surface area contributed by atoms with Crippen molar-refractivity contribution in [1.82, 2.24) is 9.97 Å². The molecule has 1 aromatic rings. The zero-order valence-electron chi connectivity index (χ0n) is 6.57. The van der Waals surface area contributed by atoms with Crippen molar-refractivity contribution in [3.05, 3.63) is 29.5 Å². The second-order valence-electron chi connectivity index (χ2n) is 2.57. The maximum atomic E-state index is 6.70. The summed E-state index contributed by atoms with van der Waals surface area (Å²) in [4.78, 5) is 11.2. The molecule has 3 heteroatoms. The Morgan fingerprint density at radius 1 is 1.45 bits per heavy atom. The second kappa shape index (κ2) is 3.11. The molecule has 0 saturated heterocycles. The molecule has 11 heavy (non-hydrogen) atoms. The topological polar surface area (TPSA) is 30.1 Å². The van der Waals surface area contributed by atoms with Crippen LogP contribution in [0.3, 0.4) is 0 Å². The molecule has 1 heterocycles. The maximum absolute atomic E-state index is 6.70. The van der Waals surface area contributed by atoms with Crippen molar-refractivity contribution in [2.75, 3.05) is 0 Å². The Labute approximate surface area is 65.9 Å². The van der Waals surface area contributed by atoms with Crippen LogP contribution in [-0.4, -0.2) is 9.97 Å². The van der Waals surface area contributed by atoms with E-state index in [2.05, 4.69) is 14.8 Å². The predicted octanol–water partition coefficient (Wildman–Crippen LogP) is 2.15. The normalized spacial score (nSPS) is 9.64. The summed E-state index contributed by atoms with van der Waals surface area (Å²) in [5.41, 5.74) is 0.874. The summed E-state index contributed by atoms with van der Waals surface area (Å²) in [5.74, 6) is 0.709. The fraction of sp³-hybridized carbons (Fsp3) is 0.375. The molecule has 0 radical (unpaired) electrons. The molecule has 56 valence electrons. The maximum Gasteiger partial charge on any atom is 0.288 e. The number of hydrogen-bond donors (Lipinski definition) is 0. The van der Waals surface area contributed by atoms with Crippen LogP contribution in [0.5, 0.6) is 0 Å². The van der Waals surface area contributed by atoms with Crippen molar-refractivity contribution < 1.29 is 0 Å². The lowest BCUT2D eigenvalue weighted by Crippen LogP contribution is -1.92. The molecule has 0 bridgehead atoms. The van der Waals surface area contributed by atoms with Gasteiger partial charge in [-0.3, -0.25) is 4.98 Å². The van der Waals surface area contributed by atoms with Gasteiger partial charge in [-0.15, -0.1) is 4.98 Å². The Morgan fingerprint density at radius 3 is 2.73 bits per heavy atom. The zero-order valence-corrected chi connectivity index (χ0v) is 6.57. The number of nitrogens with zero attached hydrogens (tertiary/aromatic N) is 3. The second-order valence-corrected chi connectivity index (χ2v) is 2.57. The lowest BCUT2D eigenvalue weighted by Gasteiger charge is -1.97. The average Bonchev–Trinajstić information content (AvgIpc) is 2.05. The van der Waals surface area contributed by atoms with Gasteiger partial charge in [0.15, 0.2) is 5.69 Å². The SMILES string of the molecule is [C-]#[N+]c1cncc(C(C)C)n1. The van der Waals surface area contributed by atoms with E-state index in [0.717, 1.165) is 5.69 Å². The summed E-state index contributed by atoms with van der Waals surface area (Å²) in [7, 11) is 0. The minimum absolute atomic E-state index is 0.337. The average molecular weight is 147 g/mol. The summed E-state index contributed by atoms with van der Waals surface area (Å²) >= 11 is 0. The van der Waals surface area contributed by atoms with Gasteiger partial charge in [-0.25, -0.2) is 0 Å². The minimum atomic E-state index is 0.337.